The molecule has 6 heteroatoms. The van der Waals surface area contributed by atoms with E-state index in [9.17, 15) is 4.79 Å². The summed E-state index contributed by atoms with van der Waals surface area (Å²) in [7, 11) is 0. The lowest BCUT2D eigenvalue weighted by atomic mass is 9.90. The molecule has 0 saturated carbocycles. The number of hydrogen-bond acceptors (Lipinski definition) is 5. The Bertz CT molecular complexity index is 764. The second-order valence-electron chi connectivity index (χ2n) is 7.05. The zero-order valence-corrected chi connectivity index (χ0v) is 16.8. The van der Waals surface area contributed by atoms with E-state index in [4.69, 9.17) is 16.3 Å². The molecule has 3 rings (SSSR count). The number of hydrogen-bond donors (Lipinski definition) is 1. The van der Waals surface area contributed by atoms with Gasteiger partial charge in [-0.25, -0.2) is 4.98 Å². The fraction of sp³-hybridized carbons (Fsp3) is 0.500. The van der Waals surface area contributed by atoms with Crippen LogP contribution in [0.5, 0.6) is 0 Å². The van der Waals surface area contributed by atoms with Crippen molar-refractivity contribution in [2.24, 2.45) is 5.92 Å². The van der Waals surface area contributed by atoms with Gasteiger partial charge in [0.2, 0.25) is 0 Å². The SMILES string of the molecule is CCCCCC[C@@H]1C[C@](C)(c2csc(Nc3ccccc3Cl)n2)OC1=O. The Morgan fingerprint density at radius 1 is 1.35 bits per heavy atom. The van der Waals surface area contributed by atoms with Crippen LogP contribution in [0.25, 0.3) is 0 Å². The van der Waals surface area contributed by atoms with Crippen molar-refractivity contribution in [1.29, 1.82) is 0 Å². The average molecular weight is 393 g/mol. The number of ether oxygens (including phenoxy) is 1. The summed E-state index contributed by atoms with van der Waals surface area (Å²) < 4.78 is 5.74. The minimum Gasteiger partial charge on any atom is -0.453 e. The molecule has 0 radical (unpaired) electrons. The highest BCUT2D eigenvalue weighted by molar-refractivity contribution is 7.13. The second kappa shape index (κ2) is 8.40. The topological polar surface area (TPSA) is 51.2 Å². The summed E-state index contributed by atoms with van der Waals surface area (Å²) in [6, 6.07) is 7.56. The van der Waals surface area contributed by atoms with Crippen molar-refractivity contribution >= 4 is 39.7 Å². The number of unbranched alkanes of at least 4 members (excludes halogenated alkanes) is 3. The van der Waals surface area contributed by atoms with Gasteiger partial charge in [0, 0.05) is 11.8 Å². The van der Waals surface area contributed by atoms with Crippen LogP contribution in [0.4, 0.5) is 10.8 Å². The molecule has 2 heterocycles. The Hall–Kier alpha value is -1.59. The number of thiazole rings is 1. The number of anilines is 2. The molecule has 0 unspecified atom stereocenters. The van der Waals surface area contributed by atoms with Gasteiger partial charge in [-0.1, -0.05) is 56.3 Å². The molecule has 26 heavy (non-hydrogen) atoms. The van der Waals surface area contributed by atoms with Crippen LogP contribution in [0.3, 0.4) is 0 Å². The normalized spacial score (nSPS) is 22.4. The molecule has 1 fully saturated rings. The number of nitrogens with one attached hydrogen (secondary N) is 1. The van der Waals surface area contributed by atoms with Gasteiger partial charge in [0.15, 0.2) is 10.7 Å². The lowest BCUT2D eigenvalue weighted by molar-refractivity contribution is -0.150. The second-order valence-corrected chi connectivity index (χ2v) is 8.31. The summed E-state index contributed by atoms with van der Waals surface area (Å²) in [5.74, 6) is -0.101. The van der Waals surface area contributed by atoms with Crippen molar-refractivity contribution in [1.82, 2.24) is 4.98 Å². The monoisotopic (exact) mass is 392 g/mol. The molecule has 2 atom stereocenters. The maximum absolute atomic E-state index is 12.3. The number of carbonyl (C=O) groups excluding carboxylic acids is 1. The quantitative estimate of drug-likeness (QED) is 0.423. The summed E-state index contributed by atoms with van der Waals surface area (Å²) >= 11 is 7.68. The summed E-state index contributed by atoms with van der Waals surface area (Å²) in [6.45, 7) is 4.16. The van der Waals surface area contributed by atoms with Crippen molar-refractivity contribution in [2.75, 3.05) is 5.32 Å². The van der Waals surface area contributed by atoms with Gasteiger partial charge in [0.1, 0.15) is 0 Å². The molecule has 1 N–H and O–H groups in total. The highest BCUT2D eigenvalue weighted by atomic mass is 35.5. The molecule has 0 spiro atoms. The van der Waals surface area contributed by atoms with E-state index in [2.05, 4.69) is 17.2 Å². The molecule has 4 nitrogen and oxygen atoms in total. The number of cyclic esters (lactones) is 1. The highest BCUT2D eigenvalue weighted by Crippen LogP contribution is 2.42. The van der Waals surface area contributed by atoms with E-state index < -0.39 is 5.60 Å². The van der Waals surface area contributed by atoms with Crippen molar-refractivity contribution in [3.05, 3.63) is 40.4 Å². The van der Waals surface area contributed by atoms with Gasteiger partial charge in [0.05, 0.1) is 22.3 Å². The third kappa shape index (κ3) is 4.38. The van der Waals surface area contributed by atoms with E-state index in [1.165, 1.54) is 30.6 Å². The van der Waals surface area contributed by atoms with E-state index in [-0.39, 0.29) is 11.9 Å². The number of para-hydroxylation sites is 1. The molecule has 1 aromatic carbocycles. The molecule has 1 aliphatic rings. The van der Waals surface area contributed by atoms with Crippen molar-refractivity contribution in [2.45, 2.75) is 58.0 Å². The molecule has 0 bridgehead atoms. The minimum atomic E-state index is -0.635. The minimum absolute atomic E-state index is 0.0152. The van der Waals surface area contributed by atoms with Crippen LogP contribution >= 0.6 is 22.9 Å². The standard InChI is InChI=1S/C20H25ClN2O2S/c1-3-4-5-6-9-14-12-20(2,25-18(14)24)17-13-26-19(23-17)22-16-11-8-7-10-15(16)21/h7-8,10-11,13-14H,3-6,9,12H2,1-2H3,(H,22,23)/t14-,20-/m1/s1. The van der Waals surface area contributed by atoms with Crippen LogP contribution in [-0.2, 0) is 15.1 Å². The van der Waals surface area contributed by atoms with E-state index in [1.54, 1.807) is 0 Å². The predicted molar refractivity (Wildman–Crippen MR) is 107 cm³/mol. The molecule has 0 aliphatic carbocycles. The van der Waals surface area contributed by atoms with Gasteiger partial charge >= 0.3 is 5.97 Å². The Morgan fingerprint density at radius 3 is 2.92 bits per heavy atom. The number of aromatic nitrogens is 1. The first-order chi connectivity index (χ1) is 12.5. The smallest absolute Gasteiger partial charge is 0.310 e. The number of esters is 1. The Labute approximate surface area is 163 Å². The number of rotatable bonds is 8. The average Bonchev–Trinajstić information content (AvgIpc) is 3.19. The summed E-state index contributed by atoms with van der Waals surface area (Å²) in [4.78, 5) is 16.9. The zero-order chi connectivity index (χ0) is 18.6. The fourth-order valence-electron chi connectivity index (χ4n) is 3.35. The van der Waals surface area contributed by atoms with Crippen LogP contribution in [0.2, 0.25) is 5.02 Å². The van der Waals surface area contributed by atoms with Crippen LogP contribution in [0, 0.1) is 5.92 Å². The maximum atomic E-state index is 12.3. The Morgan fingerprint density at radius 2 is 2.15 bits per heavy atom. The van der Waals surface area contributed by atoms with E-state index >= 15 is 0 Å². The molecule has 1 saturated heterocycles. The van der Waals surface area contributed by atoms with Crippen LogP contribution in [-0.4, -0.2) is 11.0 Å². The van der Waals surface area contributed by atoms with Crippen LogP contribution in [0.15, 0.2) is 29.6 Å². The maximum Gasteiger partial charge on any atom is 0.310 e. The third-order valence-electron chi connectivity index (χ3n) is 4.86. The molecule has 140 valence electrons. The van der Waals surface area contributed by atoms with Crippen LogP contribution in [0.1, 0.15) is 58.1 Å². The molecular formula is C20H25ClN2O2S. The van der Waals surface area contributed by atoms with E-state index in [0.717, 1.165) is 29.4 Å². The van der Waals surface area contributed by atoms with Gasteiger partial charge in [-0.15, -0.1) is 11.3 Å². The number of benzene rings is 1. The third-order valence-corrected chi connectivity index (χ3v) is 5.95. The summed E-state index contributed by atoms with van der Waals surface area (Å²) in [5, 5.41) is 6.60. The predicted octanol–water partition coefficient (Wildman–Crippen LogP) is 6.29. The van der Waals surface area contributed by atoms with Crippen molar-refractivity contribution in [3.63, 3.8) is 0 Å². The Balaban J connectivity index is 1.65. The molecule has 1 aromatic heterocycles. The van der Waals surface area contributed by atoms with Gasteiger partial charge in [-0.05, 0) is 25.5 Å². The van der Waals surface area contributed by atoms with Gasteiger partial charge in [-0.3, -0.25) is 4.79 Å². The molecule has 2 aromatic rings. The van der Waals surface area contributed by atoms with Gasteiger partial charge in [-0.2, -0.15) is 0 Å². The first-order valence-corrected chi connectivity index (χ1v) is 10.5. The van der Waals surface area contributed by atoms with Gasteiger partial charge < -0.3 is 10.1 Å². The molecular weight excluding hydrogens is 368 g/mol. The molecule has 0 amide bonds. The van der Waals surface area contributed by atoms with E-state index in [0.29, 0.717) is 11.4 Å². The largest absolute Gasteiger partial charge is 0.453 e. The first-order valence-electron chi connectivity index (χ1n) is 9.22. The van der Waals surface area contributed by atoms with Crippen LogP contribution < -0.4 is 5.32 Å². The number of nitrogens with zero attached hydrogens (tertiary/aromatic N) is 1. The number of halogens is 1. The summed E-state index contributed by atoms with van der Waals surface area (Å²) in [6.07, 6.45) is 6.30. The Kier molecular flexibility index (Phi) is 6.20. The highest BCUT2D eigenvalue weighted by Gasteiger charge is 2.45. The van der Waals surface area contributed by atoms with Crippen molar-refractivity contribution in [3.8, 4) is 0 Å². The van der Waals surface area contributed by atoms with Gasteiger partial charge in [0.25, 0.3) is 0 Å². The number of carbonyl (C=O) groups is 1. The fourth-order valence-corrected chi connectivity index (χ4v) is 4.37. The first kappa shape index (κ1) is 19.2. The van der Waals surface area contributed by atoms with E-state index in [1.807, 2.05) is 36.6 Å². The van der Waals surface area contributed by atoms with Crippen molar-refractivity contribution < 1.29 is 9.53 Å². The molecule has 1 aliphatic heterocycles. The lowest BCUT2D eigenvalue weighted by Crippen LogP contribution is -2.21. The zero-order valence-electron chi connectivity index (χ0n) is 15.3. The lowest BCUT2D eigenvalue weighted by Gasteiger charge is -2.20. The summed E-state index contributed by atoms with van der Waals surface area (Å²) in [5.41, 5.74) is 0.988.